The van der Waals surface area contributed by atoms with Crippen LogP contribution in [-0.2, 0) is 6.42 Å². The summed E-state index contributed by atoms with van der Waals surface area (Å²) in [5.74, 6) is 0.527. The number of carbonyl (C=O) groups is 1. The predicted octanol–water partition coefficient (Wildman–Crippen LogP) is 4.33. The number of carbonyl (C=O) groups excluding carboxylic acids is 1. The molecule has 0 heterocycles. The minimum absolute atomic E-state index is 0.0673. The van der Waals surface area contributed by atoms with Crippen LogP contribution in [0.15, 0.2) is 59.7 Å². The third kappa shape index (κ3) is 8.27. The molecule has 186 valence electrons. The molecule has 0 aliphatic carbocycles. The van der Waals surface area contributed by atoms with E-state index in [1.807, 2.05) is 58.9 Å². The molecular formula is C28H36N4O3. The molecular weight excluding hydrogens is 440 g/mol. The van der Waals surface area contributed by atoms with Crippen LogP contribution in [-0.4, -0.2) is 35.6 Å². The fourth-order valence-corrected chi connectivity index (χ4v) is 3.24. The van der Waals surface area contributed by atoms with E-state index in [4.69, 9.17) is 10.5 Å². The highest BCUT2D eigenvalue weighted by atomic mass is 16.5. The number of allylic oxidation sites excluding steroid dienone is 1. The lowest BCUT2D eigenvalue weighted by Gasteiger charge is -2.19. The average Bonchev–Trinajstić information content (AvgIpc) is 2.78. The zero-order valence-electron chi connectivity index (χ0n) is 21.3. The van der Waals surface area contributed by atoms with Crippen LogP contribution in [0.25, 0.3) is 0 Å². The molecule has 0 saturated carbocycles. The van der Waals surface area contributed by atoms with E-state index in [-0.39, 0.29) is 30.1 Å². The van der Waals surface area contributed by atoms with Crippen LogP contribution >= 0.6 is 0 Å². The number of aliphatic hydroxyl groups excluding tert-OH is 1. The molecule has 1 amide bonds. The molecule has 4 N–H and O–H groups in total. The van der Waals surface area contributed by atoms with Crippen molar-refractivity contribution in [3.63, 3.8) is 0 Å². The van der Waals surface area contributed by atoms with Crippen molar-refractivity contribution in [2.45, 2.75) is 59.6 Å². The molecule has 0 bridgehead atoms. The smallest absolute Gasteiger partial charge is 0.251 e. The fraction of sp³-hybridized carbons (Fsp3) is 0.393. The average molecular weight is 477 g/mol. The fourth-order valence-electron chi connectivity index (χ4n) is 3.24. The number of aliphatic hydroxyl groups is 1. The number of aliphatic imine (C=N–C) groups is 1. The second-order valence-electron chi connectivity index (χ2n) is 9.77. The summed E-state index contributed by atoms with van der Waals surface area (Å²) >= 11 is 0. The molecule has 0 radical (unpaired) electrons. The zero-order valence-corrected chi connectivity index (χ0v) is 21.3. The standard InChI is InChI=1S/C28H36N4O3/c1-18(2)35-25-12-11-22(16-23(25)17-29)27(34)32-24(13-14-33)15-20-7-9-21(10-8-20)26(30)31-19(3)28(4,5)6/h7-12,16,18,24,33H,3,13-15H2,1-2,4-6H3,(H2,30,31)(H,32,34)/t24-/m1/s1. The Morgan fingerprint density at radius 2 is 1.83 bits per heavy atom. The van der Waals surface area contributed by atoms with Gasteiger partial charge in [-0.05, 0) is 50.5 Å². The molecule has 35 heavy (non-hydrogen) atoms. The van der Waals surface area contributed by atoms with Crippen molar-refractivity contribution in [2.75, 3.05) is 6.61 Å². The summed E-state index contributed by atoms with van der Waals surface area (Å²) in [4.78, 5) is 17.3. The minimum atomic E-state index is -0.315. The number of benzene rings is 2. The molecule has 0 aliphatic rings. The highest BCUT2D eigenvalue weighted by molar-refractivity contribution is 5.98. The molecule has 2 aromatic carbocycles. The van der Waals surface area contributed by atoms with Gasteiger partial charge in [0.1, 0.15) is 17.7 Å². The van der Waals surface area contributed by atoms with E-state index in [9.17, 15) is 15.2 Å². The topological polar surface area (TPSA) is 121 Å². The van der Waals surface area contributed by atoms with Crippen molar-refractivity contribution >= 4 is 11.7 Å². The molecule has 0 aliphatic heterocycles. The van der Waals surface area contributed by atoms with E-state index in [1.54, 1.807) is 12.1 Å². The number of nitrogens with two attached hydrogens (primary N) is 1. The van der Waals surface area contributed by atoms with Crippen LogP contribution in [0.2, 0.25) is 0 Å². The molecule has 2 rings (SSSR count). The van der Waals surface area contributed by atoms with Crippen LogP contribution in [0.1, 0.15) is 68.1 Å². The Labute approximate surface area is 208 Å². The largest absolute Gasteiger partial charge is 0.490 e. The van der Waals surface area contributed by atoms with Crippen LogP contribution in [0.5, 0.6) is 5.75 Å². The molecule has 0 unspecified atom stereocenters. The third-order valence-electron chi connectivity index (χ3n) is 5.39. The number of nitriles is 1. The van der Waals surface area contributed by atoms with Crippen molar-refractivity contribution in [3.8, 4) is 11.8 Å². The number of ether oxygens (including phenoxy) is 1. The van der Waals surface area contributed by atoms with E-state index >= 15 is 0 Å². The van der Waals surface area contributed by atoms with Crippen molar-refractivity contribution in [1.82, 2.24) is 5.32 Å². The summed E-state index contributed by atoms with van der Waals surface area (Å²) in [5.41, 5.74) is 9.11. The first-order valence-electron chi connectivity index (χ1n) is 11.7. The number of hydrogen-bond acceptors (Lipinski definition) is 5. The van der Waals surface area contributed by atoms with Crippen LogP contribution in [0.3, 0.4) is 0 Å². The van der Waals surface area contributed by atoms with Crippen LogP contribution < -0.4 is 15.8 Å². The van der Waals surface area contributed by atoms with Gasteiger partial charge in [-0.25, -0.2) is 4.99 Å². The maximum absolute atomic E-state index is 12.9. The van der Waals surface area contributed by atoms with Crippen molar-refractivity contribution < 1.29 is 14.6 Å². The van der Waals surface area contributed by atoms with Gasteiger partial charge < -0.3 is 20.9 Å². The second-order valence-corrected chi connectivity index (χ2v) is 9.77. The molecule has 0 saturated heterocycles. The number of nitrogens with zero attached hydrogens (tertiary/aromatic N) is 2. The van der Waals surface area contributed by atoms with Crippen LogP contribution in [0.4, 0.5) is 0 Å². The van der Waals surface area contributed by atoms with Crippen molar-refractivity contribution in [2.24, 2.45) is 16.1 Å². The first-order chi connectivity index (χ1) is 16.4. The Hall–Kier alpha value is -3.63. The van der Waals surface area contributed by atoms with Crippen molar-refractivity contribution in [3.05, 3.63) is 77.0 Å². The summed E-state index contributed by atoms with van der Waals surface area (Å²) in [6.07, 6.45) is 0.834. The maximum atomic E-state index is 12.9. The maximum Gasteiger partial charge on any atom is 0.251 e. The summed E-state index contributed by atoms with van der Waals surface area (Å²) in [7, 11) is 0. The van der Waals surface area contributed by atoms with E-state index in [2.05, 4.69) is 23.0 Å². The number of rotatable bonds is 10. The molecule has 7 nitrogen and oxygen atoms in total. The number of nitrogens with one attached hydrogen (secondary N) is 1. The quantitative estimate of drug-likeness (QED) is 0.348. The molecule has 0 aromatic heterocycles. The van der Waals surface area contributed by atoms with Gasteiger partial charge in [-0.1, -0.05) is 51.6 Å². The van der Waals surface area contributed by atoms with Gasteiger partial charge in [0.2, 0.25) is 0 Å². The number of amides is 1. The van der Waals surface area contributed by atoms with Gasteiger partial charge in [-0.3, -0.25) is 4.79 Å². The molecule has 0 fully saturated rings. The van der Waals surface area contributed by atoms with Crippen LogP contribution in [0, 0.1) is 16.7 Å². The summed E-state index contributed by atoms with van der Waals surface area (Å²) in [5, 5.41) is 21.9. The Kier molecular flexibility index (Phi) is 9.61. The van der Waals surface area contributed by atoms with E-state index in [0.717, 1.165) is 11.1 Å². The first-order valence-corrected chi connectivity index (χ1v) is 11.7. The Balaban J connectivity index is 2.12. The molecule has 2 aromatic rings. The number of amidine groups is 1. The van der Waals surface area contributed by atoms with E-state index in [0.29, 0.717) is 41.3 Å². The summed E-state index contributed by atoms with van der Waals surface area (Å²) in [6.45, 7) is 13.8. The normalized spacial score (nSPS) is 12.7. The Morgan fingerprint density at radius 1 is 1.20 bits per heavy atom. The Bertz CT molecular complexity index is 1110. The van der Waals surface area contributed by atoms with Gasteiger partial charge >= 0.3 is 0 Å². The highest BCUT2D eigenvalue weighted by Gasteiger charge is 2.17. The van der Waals surface area contributed by atoms with Gasteiger partial charge in [0.15, 0.2) is 0 Å². The monoisotopic (exact) mass is 476 g/mol. The Morgan fingerprint density at radius 3 is 2.37 bits per heavy atom. The van der Waals surface area contributed by atoms with Gasteiger partial charge in [-0.15, -0.1) is 0 Å². The van der Waals surface area contributed by atoms with E-state index < -0.39 is 0 Å². The van der Waals surface area contributed by atoms with Gasteiger partial charge in [0, 0.05) is 34.9 Å². The van der Waals surface area contributed by atoms with Crippen molar-refractivity contribution in [1.29, 1.82) is 5.26 Å². The SMILES string of the molecule is C=C(N=C(N)c1ccc(C[C@@H](CCO)NC(=O)c2ccc(OC(C)C)c(C#N)c2)cc1)C(C)(C)C. The summed E-state index contributed by atoms with van der Waals surface area (Å²) < 4.78 is 5.62. The van der Waals surface area contributed by atoms with E-state index in [1.165, 1.54) is 6.07 Å². The van der Waals surface area contributed by atoms with Gasteiger partial charge in [-0.2, -0.15) is 5.26 Å². The highest BCUT2D eigenvalue weighted by Crippen LogP contribution is 2.25. The number of hydrogen-bond donors (Lipinski definition) is 3. The minimum Gasteiger partial charge on any atom is -0.490 e. The zero-order chi connectivity index (χ0) is 26.2. The first kappa shape index (κ1) is 27.6. The predicted molar refractivity (Wildman–Crippen MR) is 139 cm³/mol. The molecule has 1 atom stereocenters. The molecule has 7 heteroatoms. The lowest BCUT2D eigenvalue weighted by molar-refractivity contribution is 0.0930. The lowest BCUT2D eigenvalue weighted by Crippen LogP contribution is -2.37. The lowest BCUT2D eigenvalue weighted by atomic mass is 9.93. The van der Waals surface area contributed by atoms with Gasteiger partial charge in [0.25, 0.3) is 5.91 Å². The second kappa shape index (κ2) is 12.2. The summed E-state index contributed by atoms with van der Waals surface area (Å²) in [6, 6.07) is 14.2. The third-order valence-corrected chi connectivity index (χ3v) is 5.39. The van der Waals surface area contributed by atoms with Gasteiger partial charge in [0.05, 0.1) is 11.7 Å². The molecule has 0 spiro atoms.